The highest BCUT2D eigenvalue weighted by Crippen LogP contribution is 2.28. The summed E-state index contributed by atoms with van der Waals surface area (Å²) in [6, 6.07) is 2.13. The maximum Gasteiger partial charge on any atom is 0.122 e. The second-order valence-electron chi connectivity index (χ2n) is 4.90. The summed E-state index contributed by atoms with van der Waals surface area (Å²) < 4.78 is 5.40. The minimum atomic E-state index is 0.726. The van der Waals surface area contributed by atoms with Crippen LogP contribution in [0.5, 0.6) is 5.75 Å². The fourth-order valence-corrected chi connectivity index (χ4v) is 2.35. The topological polar surface area (TPSA) is 12.5 Å². The van der Waals surface area contributed by atoms with Gasteiger partial charge in [-0.15, -0.1) is 11.6 Å². The van der Waals surface area contributed by atoms with Crippen LogP contribution >= 0.6 is 11.6 Å². The molecule has 0 atom stereocenters. The van der Waals surface area contributed by atoms with Crippen LogP contribution in [0, 0.1) is 20.8 Å². The van der Waals surface area contributed by atoms with E-state index in [0.29, 0.717) is 0 Å². The first-order valence-corrected chi connectivity index (χ1v) is 6.92. The Morgan fingerprint density at radius 1 is 1.22 bits per heavy atom. The van der Waals surface area contributed by atoms with Gasteiger partial charge in [0.25, 0.3) is 0 Å². The molecule has 0 aliphatic heterocycles. The molecule has 0 bridgehead atoms. The van der Waals surface area contributed by atoms with Crippen molar-refractivity contribution >= 4 is 11.6 Å². The van der Waals surface area contributed by atoms with Crippen molar-refractivity contribution < 1.29 is 4.74 Å². The van der Waals surface area contributed by atoms with Crippen LogP contribution in [-0.2, 0) is 6.54 Å². The van der Waals surface area contributed by atoms with Gasteiger partial charge in [0.1, 0.15) is 5.75 Å². The molecule has 18 heavy (non-hydrogen) atoms. The standard InChI is InChI=1S/C15H24ClNO/c1-11-9-15(18-5)13(3)12(2)14(11)10-17(4)8-6-7-16/h9H,6-8,10H2,1-5H3. The summed E-state index contributed by atoms with van der Waals surface area (Å²) in [6.07, 6.45) is 1.03. The van der Waals surface area contributed by atoms with Gasteiger partial charge in [0.15, 0.2) is 0 Å². The number of alkyl halides is 1. The third-order valence-corrected chi connectivity index (χ3v) is 3.80. The molecule has 102 valence electrons. The average molecular weight is 270 g/mol. The van der Waals surface area contributed by atoms with E-state index in [0.717, 1.165) is 31.1 Å². The minimum Gasteiger partial charge on any atom is -0.496 e. The summed E-state index contributed by atoms with van der Waals surface area (Å²) in [4.78, 5) is 2.32. The first-order chi connectivity index (χ1) is 8.51. The summed E-state index contributed by atoms with van der Waals surface area (Å²) >= 11 is 5.73. The molecule has 0 spiro atoms. The smallest absolute Gasteiger partial charge is 0.122 e. The maximum absolute atomic E-state index is 5.73. The molecule has 0 N–H and O–H groups in total. The van der Waals surface area contributed by atoms with Gasteiger partial charge in [0.05, 0.1) is 7.11 Å². The van der Waals surface area contributed by atoms with E-state index in [2.05, 4.69) is 38.8 Å². The predicted octanol–water partition coefficient (Wildman–Crippen LogP) is 3.68. The fraction of sp³-hybridized carbons (Fsp3) is 0.600. The lowest BCUT2D eigenvalue weighted by atomic mass is 9.97. The van der Waals surface area contributed by atoms with E-state index in [9.17, 15) is 0 Å². The molecule has 3 heteroatoms. The highest BCUT2D eigenvalue weighted by molar-refractivity contribution is 6.17. The number of methoxy groups -OCH3 is 1. The van der Waals surface area contributed by atoms with Crippen LogP contribution in [0.25, 0.3) is 0 Å². The minimum absolute atomic E-state index is 0.726. The number of rotatable bonds is 6. The summed E-state index contributed by atoms with van der Waals surface area (Å²) in [6.45, 7) is 8.46. The highest BCUT2D eigenvalue weighted by Gasteiger charge is 2.12. The lowest BCUT2D eigenvalue weighted by Crippen LogP contribution is -2.21. The summed E-state index contributed by atoms with van der Waals surface area (Å²) in [5, 5.41) is 0. The maximum atomic E-state index is 5.73. The van der Waals surface area contributed by atoms with Gasteiger partial charge in [-0.25, -0.2) is 0 Å². The van der Waals surface area contributed by atoms with Crippen molar-refractivity contribution in [2.45, 2.75) is 33.7 Å². The Balaban J connectivity index is 2.92. The van der Waals surface area contributed by atoms with Gasteiger partial charge in [-0.2, -0.15) is 0 Å². The van der Waals surface area contributed by atoms with E-state index >= 15 is 0 Å². The van der Waals surface area contributed by atoms with E-state index < -0.39 is 0 Å². The summed E-state index contributed by atoms with van der Waals surface area (Å²) in [5.41, 5.74) is 5.28. The molecule has 0 heterocycles. The Bertz CT molecular complexity index is 404. The second-order valence-corrected chi connectivity index (χ2v) is 5.28. The van der Waals surface area contributed by atoms with Crippen LogP contribution in [0.3, 0.4) is 0 Å². The van der Waals surface area contributed by atoms with E-state index in [-0.39, 0.29) is 0 Å². The van der Waals surface area contributed by atoms with Gasteiger partial charge < -0.3 is 9.64 Å². The molecule has 0 saturated heterocycles. The fourth-order valence-electron chi connectivity index (χ4n) is 2.23. The monoisotopic (exact) mass is 269 g/mol. The van der Waals surface area contributed by atoms with E-state index in [1.165, 1.54) is 22.3 Å². The highest BCUT2D eigenvalue weighted by atomic mass is 35.5. The van der Waals surface area contributed by atoms with Gasteiger partial charge in [-0.3, -0.25) is 0 Å². The largest absolute Gasteiger partial charge is 0.496 e. The van der Waals surface area contributed by atoms with Crippen LogP contribution in [0.1, 0.15) is 28.7 Å². The van der Waals surface area contributed by atoms with E-state index in [1.807, 2.05) is 0 Å². The summed E-state index contributed by atoms with van der Waals surface area (Å²) in [7, 11) is 3.87. The molecule has 1 rings (SSSR count). The molecule has 0 saturated carbocycles. The van der Waals surface area contributed by atoms with Gasteiger partial charge in [0, 0.05) is 12.4 Å². The number of benzene rings is 1. The van der Waals surface area contributed by atoms with Crippen LogP contribution in [0.2, 0.25) is 0 Å². The van der Waals surface area contributed by atoms with Crippen molar-refractivity contribution in [3.8, 4) is 5.75 Å². The van der Waals surface area contributed by atoms with Crippen LogP contribution in [0.15, 0.2) is 6.07 Å². The van der Waals surface area contributed by atoms with E-state index in [4.69, 9.17) is 16.3 Å². The van der Waals surface area contributed by atoms with Crippen molar-refractivity contribution in [1.82, 2.24) is 4.90 Å². The third kappa shape index (κ3) is 3.63. The van der Waals surface area contributed by atoms with Gasteiger partial charge >= 0.3 is 0 Å². The SMILES string of the molecule is COc1cc(C)c(CN(C)CCCCl)c(C)c1C. The normalized spacial score (nSPS) is 11.1. The zero-order valence-corrected chi connectivity index (χ0v) is 12.9. The second kappa shape index (κ2) is 7.01. The lowest BCUT2D eigenvalue weighted by molar-refractivity contribution is 0.326. The average Bonchev–Trinajstić information content (AvgIpc) is 2.36. The predicted molar refractivity (Wildman–Crippen MR) is 78.9 cm³/mol. The molecular formula is C15H24ClNO. The van der Waals surface area contributed by atoms with Crippen LogP contribution in [0.4, 0.5) is 0 Å². The molecule has 0 aliphatic carbocycles. The number of hydrogen-bond acceptors (Lipinski definition) is 2. The molecule has 0 aromatic heterocycles. The Morgan fingerprint density at radius 3 is 2.44 bits per heavy atom. The number of hydrogen-bond donors (Lipinski definition) is 0. The number of halogens is 1. The molecule has 2 nitrogen and oxygen atoms in total. The molecule has 0 radical (unpaired) electrons. The van der Waals surface area contributed by atoms with Crippen LogP contribution in [-0.4, -0.2) is 31.5 Å². The Hall–Kier alpha value is -0.730. The van der Waals surface area contributed by atoms with Crippen LogP contribution < -0.4 is 4.74 Å². The zero-order chi connectivity index (χ0) is 13.7. The first-order valence-electron chi connectivity index (χ1n) is 6.39. The number of aryl methyl sites for hydroxylation is 1. The molecule has 1 aromatic carbocycles. The quantitative estimate of drug-likeness (QED) is 0.731. The molecule has 0 unspecified atom stereocenters. The Kier molecular flexibility index (Phi) is 5.97. The van der Waals surface area contributed by atoms with Crippen molar-refractivity contribution in [3.63, 3.8) is 0 Å². The third-order valence-electron chi connectivity index (χ3n) is 3.53. The summed E-state index contributed by atoms with van der Waals surface area (Å²) in [5.74, 6) is 1.71. The van der Waals surface area contributed by atoms with Crippen molar-refractivity contribution in [3.05, 3.63) is 28.3 Å². The Morgan fingerprint density at radius 2 is 1.89 bits per heavy atom. The molecule has 1 aromatic rings. The van der Waals surface area contributed by atoms with Crippen molar-refractivity contribution in [2.75, 3.05) is 26.6 Å². The molecular weight excluding hydrogens is 246 g/mol. The lowest BCUT2D eigenvalue weighted by Gasteiger charge is -2.21. The van der Waals surface area contributed by atoms with Gasteiger partial charge in [0.2, 0.25) is 0 Å². The molecule has 0 fully saturated rings. The van der Waals surface area contributed by atoms with Crippen molar-refractivity contribution in [2.24, 2.45) is 0 Å². The molecule has 0 amide bonds. The number of nitrogens with zero attached hydrogens (tertiary/aromatic N) is 1. The van der Waals surface area contributed by atoms with E-state index in [1.54, 1.807) is 7.11 Å². The van der Waals surface area contributed by atoms with Crippen molar-refractivity contribution in [1.29, 1.82) is 0 Å². The Labute approximate surface area is 116 Å². The van der Waals surface area contributed by atoms with Gasteiger partial charge in [-0.05, 0) is 69.1 Å². The van der Waals surface area contributed by atoms with Gasteiger partial charge in [-0.1, -0.05) is 0 Å². The first kappa shape index (κ1) is 15.3. The molecule has 0 aliphatic rings. The zero-order valence-electron chi connectivity index (χ0n) is 12.1. The number of ether oxygens (including phenoxy) is 1.